The van der Waals surface area contributed by atoms with Gasteiger partial charge in [-0.25, -0.2) is 0 Å². The molecular formula is C18H17F3N2O3. The first-order chi connectivity index (χ1) is 12.3. The van der Waals surface area contributed by atoms with Crippen LogP contribution in [0.4, 0.5) is 13.2 Å². The maximum absolute atomic E-state index is 12.8. The summed E-state index contributed by atoms with van der Waals surface area (Å²) in [5.74, 6) is -1.80. The van der Waals surface area contributed by atoms with Gasteiger partial charge in [0.2, 0.25) is 0 Å². The van der Waals surface area contributed by atoms with E-state index in [4.69, 9.17) is 4.74 Å². The molecule has 2 N–H and O–H groups in total. The number of benzene rings is 2. The molecule has 0 aliphatic carbocycles. The lowest BCUT2D eigenvalue weighted by atomic mass is 10.1. The van der Waals surface area contributed by atoms with Crippen LogP contribution < -0.4 is 15.6 Å². The number of para-hydroxylation sites is 1. The van der Waals surface area contributed by atoms with Crippen molar-refractivity contribution in [1.82, 2.24) is 10.9 Å². The molecule has 0 saturated carbocycles. The predicted molar refractivity (Wildman–Crippen MR) is 88.4 cm³/mol. The van der Waals surface area contributed by atoms with Crippen molar-refractivity contribution in [2.75, 3.05) is 6.61 Å². The van der Waals surface area contributed by atoms with Gasteiger partial charge in [0.1, 0.15) is 5.75 Å². The van der Waals surface area contributed by atoms with Crippen molar-refractivity contribution in [3.63, 3.8) is 0 Å². The number of aryl methyl sites for hydroxylation is 1. The summed E-state index contributed by atoms with van der Waals surface area (Å²) < 4.78 is 43.4. The molecule has 26 heavy (non-hydrogen) atoms. The summed E-state index contributed by atoms with van der Waals surface area (Å²) >= 11 is 0. The van der Waals surface area contributed by atoms with E-state index in [0.717, 1.165) is 24.1 Å². The van der Waals surface area contributed by atoms with Gasteiger partial charge in [0.25, 0.3) is 11.8 Å². The van der Waals surface area contributed by atoms with Gasteiger partial charge in [-0.3, -0.25) is 20.4 Å². The lowest BCUT2D eigenvalue weighted by Gasteiger charge is -2.13. The van der Waals surface area contributed by atoms with Crippen LogP contribution in [0.1, 0.15) is 28.4 Å². The van der Waals surface area contributed by atoms with Gasteiger partial charge in [0, 0.05) is 5.56 Å². The Hall–Kier alpha value is -3.03. The second-order valence-corrected chi connectivity index (χ2v) is 5.34. The number of amides is 2. The van der Waals surface area contributed by atoms with Crippen LogP contribution in [-0.2, 0) is 17.4 Å². The van der Waals surface area contributed by atoms with Crippen LogP contribution in [-0.4, -0.2) is 18.4 Å². The summed E-state index contributed by atoms with van der Waals surface area (Å²) in [6.07, 6.45) is -3.76. The molecule has 5 nitrogen and oxygen atoms in total. The molecule has 0 fully saturated rings. The standard InChI is InChI=1S/C18H17F3N2O3/c1-2-12-7-9-13(10-8-12)17(25)23-22-16(24)11-26-15-6-4-3-5-14(15)18(19,20)21/h3-10H,2,11H2,1H3,(H,22,24)(H,23,25). The van der Waals surface area contributed by atoms with Crippen molar-refractivity contribution >= 4 is 11.8 Å². The van der Waals surface area contributed by atoms with Crippen LogP contribution in [0.25, 0.3) is 0 Å². The Balaban J connectivity index is 1.87. The van der Waals surface area contributed by atoms with Crippen molar-refractivity contribution in [3.8, 4) is 5.75 Å². The monoisotopic (exact) mass is 366 g/mol. The molecule has 0 aliphatic rings. The van der Waals surface area contributed by atoms with Gasteiger partial charge in [-0.1, -0.05) is 31.2 Å². The van der Waals surface area contributed by atoms with Gasteiger partial charge in [0.15, 0.2) is 6.61 Å². The molecule has 2 amide bonds. The summed E-state index contributed by atoms with van der Waals surface area (Å²) in [4.78, 5) is 23.6. The van der Waals surface area contributed by atoms with Crippen molar-refractivity contribution in [1.29, 1.82) is 0 Å². The number of hydrogen-bond donors (Lipinski definition) is 2. The minimum Gasteiger partial charge on any atom is -0.483 e. The topological polar surface area (TPSA) is 67.4 Å². The van der Waals surface area contributed by atoms with Crippen molar-refractivity contribution in [2.45, 2.75) is 19.5 Å². The fraction of sp³-hybridized carbons (Fsp3) is 0.222. The Morgan fingerprint density at radius 1 is 1.00 bits per heavy atom. The fourth-order valence-corrected chi connectivity index (χ4v) is 2.10. The van der Waals surface area contributed by atoms with Gasteiger partial charge in [0.05, 0.1) is 5.56 Å². The number of alkyl halides is 3. The largest absolute Gasteiger partial charge is 0.483 e. The zero-order chi connectivity index (χ0) is 19.2. The first-order valence-corrected chi connectivity index (χ1v) is 7.78. The lowest BCUT2D eigenvalue weighted by molar-refractivity contribution is -0.139. The average Bonchev–Trinajstić information content (AvgIpc) is 2.64. The quantitative estimate of drug-likeness (QED) is 0.799. The molecule has 0 heterocycles. The van der Waals surface area contributed by atoms with E-state index in [1.165, 1.54) is 12.1 Å². The van der Waals surface area contributed by atoms with E-state index in [-0.39, 0.29) is 0 Å². The number of halogens is 3. The van der Waals surface area contributed by atoms with Gasteiger partial charge in [-0.05, 0) is 36.2 Å². The number of nitrogens with one attached hydrogen (secondary N) is 2. The third-order valence-corrected chi connectivity index (χ3v) is 3.49. The van der Waals surface area contributed by atoms with E-state index in [9.17, 15) is 22.8 Å². The fourth-order valence-electron chi connectivity index (χ4n) is 2.10. The Kier molecular flexibility index (Phi) is 6.21. The number of hydrogen-bond acceptors (Lipinski definition) is 3. The van der Waals surface area contributed by atoms with Crippen LogP contribution >= 0.6 is 0 Å². The second-order valence-electron chi connectivity index (χ2n) is 5.34. The molecule has 8 heteroatoms. The van der Waals surface area contributed by atoms with Gasteiger partial charge < -0.3 is 4.74 Å². The van der Waals surface area contributed by atoms with E-state index < -0.39 is 35.9 Å². The molecule has 0 unspecified atom stereocenters. The Labute approximate surface area is 148 Å². The maximum atomic E-state index is 12.8. The third-order valence-electron chi connectivity index (χ3n) is 3.49. The van der Waals surface area contributed by atoms with Crippen LogP contribution in [0.2, 0.25) is 0 Å². The summed E-state index contributed by atoms with van der Waals surface area (Å²) in [5, 5.41) is 0. The Morgan fingerprint density at radius 2 is 1.65 bits per heavy atom. The van der Waals surface area contributed by atoms with Crippen molar-refractivity contribution in [2.24, 2.45) is 0 Å². The molecule has 0 radical (unpaired) electrons. The summed E-state index contributed by atoms with van der Waals surface area (Å²) in [5.41, 5.74) is 4.69. The molecule has 0 bridgehead atoms. The summed E-state index contributed by atoms with van der Waals surface area (Å²) in [6.45, 7) is 1.30. The number of carbonyl (C=O) groups excluding carboxylic acids is 2. The third kappa shape index (κ3) is 5.23. The number of carbonyl (C=O) groups is 2. The van der Waals surface area contributed by atoms with Crippen LogP contribution in [0.5, 0.6) is 5.75 Å². The van der Waals surface area contributed by atoms with E-state index in [0.29, 0.717) is 5.56 Å². The molecule has 0 aromatic heterocycles. The molecule has 0 aliphatic heterocycles. The molecule has 2 aromatic rings. The second kappa shape index (κ2) is 8.37. The van der Waals surface area contributed by atoms with E-state index in [1.807, 2.05) is 6.92 Å². The highest BCUT2D eigenvalue weighted by atomic mass is 19.4. The predicted octanol–water partition coefficient (Wildman–Crippen LogP) is 3.11. The van der Waals surface area contributed by atoms with Crippen LogP contribution in [0, 0.1) is 0 Å². The highest BCUT2D eigenvalue weighted by Crippen LogP contribution is 2.35. The minimum atomic E-state index is -4.59. The van der Waals surface area contributed by atoms with Crippen LogP contribution in [0.15, 0.2) is 48.5 Å². The highest BCUT2D eigenvalue weighted by Gasteiger charge is 2.34. The Morgan fingerprint density at radius 3 is 2.27 bits per heavy atom. The molecule has 2 aromatic carbocycles. The highest BCUT2D eigenvalue weighted by molar-refractivity contribution is 5.95. The van der Waals surface area contributed by atoms with E-state index in [2.05, 4.69) is 10.9 Å². The van der Waals surface area contributed by atoms with Gasteiger partial charge in [-0.2, -0.15) is 13.2 Å². The normalized spacial score (nSPS) is 10.9. The molecular weight excluding hydrogens is 349 g/mol. The molecule has 0 atom stereocenters. The van der Waals surface area contributed by atoms with Crippen molar-refractivity contribution < 1.29 is 27.5 Å². The maximum Gasteiger partial charge on any atom is 0.419 e. The molecule has 0 saturated heterocycles. The Bertz CT molecular complexity index is 774. The zero-order valence-electron chi connectivity index (χ0n) is 13.9. The first-order valence-electron chi connectivity index (χ1n) is 7.78. The average molecular weight is 366 g/mol. The molecule has 0 spiro atoms. The summed E-state index contributed by atoms with van der Waals surface area (Å²) in [6, 6.07) is 11.3. The molecule has 138 valence electrons. The smallest absolute Gasteiger partial charge is 0.419 e. The van der Waals surface area contributed by atoms with Crippen molar-refractivity contribution in [3.05, 3.63) is 65.2 Å². The van der Waals surface area contributed by atoms with Crippen LogP contribution in [0.3, 0.4) is 0 Å². The molecule has 2 rings (SSSR count). The first kappa shape index (κ1) is 19.3. The zero-order valence-corrected chi connectivity index (χ0v) is 13.9. The van der Waals surface area contributed by atoms with Gasteiger partial charge in [-0.15, -0.1) is 0 Å². The minimum absolute atomic E-state index is 0.339. The number of hydrazine groups is 1. The van der Waals surface area contributed by atoms with Gasteiger partial charge >= 0.3 is 6.18 Å². The number of rotatable bonds is 5. The van der Waals surface area contributed by atoms with E-state index in [1.54, 1.807) is 24.3 Å². The SMILES string of the molecule is CCc1ccc(C(=O)NNC(=O)COc2ccccc2C(F)(F)F)cc1. The summed E-state index contributed by atoms with van der Waals surface area (Å²) in [7, 11) is 0. The lowest BCUT2D eigenvalue weighted by Crippen LogP contribution is -2.43. The number of ether oxygens (including phenoxy) is 1. The van der Waals surface area contributed by atoms with E-state index >= 15 is 0 Å².